The fraction of sp³-hybridized carbons (Fsp3) is 0.250. The van der Waals surface area contributed by atoms with E-state index in [2.05, 4.69) is 0 Å². The number of hydrogen-bond acceptors (Lipinski definition) is 3. The predicted molar refractivity (Wildman–Crippen MR) is 45.5 cm³/mol. The summed E-state index contributed by atoms with van der Waals surface area (Å²) in [6, 6.07) is 5.46. The normalized spacial score (nSPS) is 19.9. The average Bonchev–Trinajstić information content (AvgIpc) is 2.43. The Morgan fingerprint density at radius 1 is 1.58 bits per heavy atom. The standard InChI is InChI=1S/C8H8O3S/c1-10-7-3-2-6-5-12(9)11-8(6)4-7/h2-4H,5H2,1H3. The Kier molecular flexibility index (Phi) is 1.77. The van der Waals surface area contributed by atoms with Crippen molar-refractivity contribution in [2.75, 3.05) is 7.11 Å². The number of methoxy groups -OCH3 is 1. The van der Waals surface area contributed by atoms with Crippen LogP contribution in [0.3, 0.4) is 0 Å². The molecule has 0 bridgehead atoms. The lowest BCUT2D eigenvalue weighted by atomic mass is 10.2. The molecule has 0 aromatic heterocycles. The van der Waals surface area contributed by atoms with Gasteiger partial charge in [-0.1, -0.05) is 6.07 Å². The summed E-state index contributed by atoms with van der Waals surface area (Å²) in [5.41, 5.74) is 0.981. The largest absolute Gasteiger partial charge is 0.497 e. The molecule has 4 heteroatoms. The van der Waals surface area contributed by atoms with Gasteiger partial charge in [0.25, 0.3) is 0 Å². The van der Waals surface area contributed by atoms with Gasteiger partial charge in [0.2, 0.25) is 11.1 Å². The van der Waals surface area contributed by atoms with Crippen LogP contribution < -0.4 is 8.92 Å². The van der Waals surface area contributed by atoms with Crippen molar-refractivity contribution in [2.24, 2.45) is 0 Å². The van der Waals surface area contributed by atoms with Gasteiger partial charge in [-0.3, -0.25) is 0 Å². The lowest BCUT2D eigenvalue weighted by molar-refractivity contribution is 0.413. The van der Waals surface area contributed by atoms with Crippen molar-refractivity contribution < 1.29 is 13.1 Å². The second-order valence-electron chi connectivity index (χ2n) is 2.51. The third-order valence-corrected chi connectivity index (χ3v) is 2.64. The van der Waals surface area contributed by atoms with Crippen LogP contribution in [0.15, 0.2) is 18.2 Å². The molecule has 0 saturated heterocycles. The Hall–Kier alpha value is -1.03. The molecule has 1 unspecified atom stereocenters. The third kappa shape index (κ3) is 1.18. The smallest absolute Gasteiger partial charge is 0.211 e. The average molecular weight is 184 g/mol. The third-order valence-electron chi connectivity index (χ3n) is 1.73. The molecule has 0 fully saturated rings. The van der Waals surface area contributed by atoms with Gasteiger partial charge in [0.05, 0.1) is 12.9 Å². The summed E-state index contributed by atoms with van der Waals surface area (Å²) in [6.07, 6.45) is 0. The van der Waals surface area contributed by atoms with Gasteiger partial charge in [-0.05, 0) is 6.07 Å². The van der Waals surface area contributed by atoms with Crippen molar-refractivity contribution in [1.29, 1.82) is 0 Å². The second-order valence-corrected chi connectivity index (χ2v) is 3.57. The molecule has 1 aromatic carbocycles. The molecule has 3 nitrogen and oxygen atoms in total. The van der Waals surface area contributed by atoms with Gasteiger partial charge >= 0.3 is 0 Å². The lowest BCUT2D eigenvalue weighted by Gasteiger charge is -2.00. The molecule has 12 heavy (non-hydrogen) atoms. The Morgan fingerprint density at radius 2 is 2.42 bits per heavy atom. The molecule has 1 aliphatic heterocycles. The molecular weight excluding hydrogens is 176 g/mol. The van der Waals surface area contributed by atoms with E-state index in [-0.39, 0.29) is 0 Å². The van der Waals surface area contributed by atoms with Crippen LogP contribution in [0.2, 0.25) is 0 Å². The van der Waals surface area contributed by atoms with E-state index in [1.807, 2.05) is 12.1 Å². The molecule has 1 aromatic rings. The lowest BCUT2D eigenvalue weighted by Crippen LogP contribution is -1.90. The monoisotopic (exact) mass is 184 g/mol. The zero-order valence-corrected chi connectivity index (χ0v) is 7.39. The quantitative estimate of drug-likeness (QED) is 0.659. The Labute approximate surface area is 73.0 Å². The highest BCUT2D eigenvalue weighted by Crippen LogP contribution is 2.31. The van der Waals surface area contributed by atoms with Gasteiger partial charge in [0, 0.05) is 11.6 Å². The maximum Gasteiger partial charge on any atom is 0.211 e. The summed E-state index contributed by atoms with van der Waals surface area (Å²) >= 11 is -1.19. The summed E-state index contributed by atoms with van der Waals surface area (Å²) in [5, 5.41) is 0. The first-order valence-electron chi connectivity index (χ1n) is 3.53. The summed E-state index contributed by atoms with van der Waals surface area (Å²) in [5.74, 6) is 1.89. The zero-order chi connectivity index (χ0) is 8.55. The minimum absolute atomic E-state index is 0.485. The number of ether oxygens (including phenoxy) is 1. The highest BCUT2D eigenvalue weighted by Gasteiger charge is 2.19. The van der Waals surface area contributed by atoms with Gasteiger partial charge in [-0.2, -0.15) is 0 Å². The summed E-state index contributed by atoms with van der Waals surface area (Å²) < 4.78 is 21.0. The summed E-state index contributed by atoms with van der Waals surface area (Å²) in [6.45, 7) is 0. The second kappa shape index (κ2) is 2.79. The van der Waals surface area contributed by atoms with Crippen LogP contribution in [-0.2, 0) is 16.8 Å². The Balaban J connectivity index is 2.41. The molecule has 0 spiro atoms. The van der Waals surface area contributed by atoms with Crippen molar-refractivity contribution in [3.8, 4) is 11.5 Å². The van der Waals surface area contributed by atoms with E-state index < -0.39 is 11.1 Å². The van der Waals surface area contributed by atoms with E-state index in [0.717, 1.165) is 11.3 Å². The molecule has 2 rings (SSSR count). The molecule has 1 atom stereocenters. The first-order chi connectivity index (χ1) is 5.79. The van der Waals surface area contributed by atoms with Crippen LogP contribution >= 0.6 is 0 Å². The van der Waals surface area contributed by atoms with Crippen LogP contribution in [-0.4, -0.2) is 11.3 Å². The molecular formula is C8H8O3S. The maximum atomic E-state index is 10.9. The van der Waals surface area contributed by atoms with Crippen molar-refractivity contribution in [3.63, 3.8) is 0 Å². The molecule has 0 aliphatic carbocycles. The molecule has 0 saturated carbocycles. The predicted octanol–water partition coefficient (Wildman–Crippen LogP) is 1.25. The Bertz CT molecular complexity index is 335. The molecule has 0 radical (unpaired) electrons. The zero-order valence-electron chi connectivity index (χ0n) is 6.57. The van der Waals surface area contributed by atoms with E-state index >= 15 is 0 Å². The van der Waals surface area contributed by atoms with Crippen LogP contribution in [0, 0.1) is 0 Å². The van der Waals surface area contributed by atoms with Gasteiger partial charge in [0.1, 0.15) is 11.5 Å². The Morgan fingerprint density at radius 3 is 3.17 bits per heavy atom. The van der Waals surface area contributed by atoms with Crippen LogP contribution in [0.4, 0.5) is 0 Å². The van der Waals surface area contributed by atoms with Crippen molar-refractivity contribution in [2.45, 2.75) is 5.75 Å². The first kappa shape index (κ1) is 7.61. The number of rotatable bonds is 1. The van der Waals surface area contributed by atoms with E-state index in [0.29, 0.717) is 11.5 Å². The van der Waals surface area contributed by atoms with Gasteiger partial charge in [-0.15, -0.1) is 0 Å². The minimum atomic E-state index is -1.19. The van der Waals surface area contributed by atoms with Crippen molar-refractivity contribution in [3.05, 3.63) is 23.8 Å². The van der Waals surface area contributed by atoms with E-state index in [1.165, 1.54) is 0 Å². The summed E-state index contributed by atoms with van der Waals surface area (Å²) in [7, 11) is 1.59. The maximum absolute atomic E-state index is 10.9. The highest BCUT2D eigenvalue weighted by atomic mass is 32.2. The molecule has 1 heterocycles. The van der Waals surface area contributed by atoms with Gasteiger partial charge < -0.3 is 8.92 Å². The fourth-order valence-corrected chi connectivity index (χ4v) is 2.02. The number of fused-ring (bicyclic) bond motifs is 1. The van der Waals surface area contributed by atoms with E-state index in [1.54, 1.807) is 13.2 Å². The number of hydrogen-bond donors (Lipinski definition) is 0. The number of benzene rings is 1. The molecule has 1 aliphatic rings. The minimum Gasteiger partial charge on any atom is -0.497 e. The molecule has 64 valence electrons. The van der Waals surface area contributed by atoms with E-state index in [4.69, 9.17) is 8.92 Å². The molecule has 0 N–H and O–H groups in total. The van der Waals surface area contributed by atoms with Gasteiger partial charge in [-0.25, -0.2) is 4.21 Å². The van der Waals surface area contributed by atoms with Gasteiger partial charge in [0.15, 0.2) is 0 Å². The van der Waals surface area contributed by atoms with Crippen molar-refractivity contribution >= 4 is 11.1 Å². The molecule has 0 amide bonds. The van der Waals surface area contributed by atoms with Crippen LogP contribution in [0.5, 0.6) is 11.5 Å². The van der Waals surface area contributed by atoms with E-state index in [9.17, 15) is 4.21 Å². The summed E-state index contributed by atoms with van der Waals surface area (Å²) in [4.78, 5) is 0. The SMILES string of the molecule is COc1ccc2c(c1)OS(=O)C2. The topological polar surface area (TPSA) is 35.5 Å². The first-order valence-corrected chi connectivity index (χ1v) is 4.77. The van der Waals surface area contributed by atoms with Crippen LogP contribution in [0.1, 0.15) is 5.56 Å². The van der Waals surface area contributed by atoms with Crippen molar-refractivity contribution in [1.82, 2.24) is 0 Å². The fourth-order valence-electron chi connectivity index (χ4n) is 1.12. The van der Waals surface area contributed by atoms with Crippen LogP contribution in [0.25, 0.3) is 0 Å². The highest BCUT2D eigenvalue weighted by molar-refractivity contribution is 7.80.